The van der Waals surface area contributed by atoms with Gasteiger partial charge in [-0.3, -0.25) is 28.3 Å². The molecule has 4 rings (SSSR count). The highest BCUT2D eigenvalue weighted by molar-refractivity contribution is 5.94. The van der Waals surface area contributed by atoms with E-state index in [0.29, 0.717) is 17.0 Å². The molecule has 2 aromatic heterocycles. The molecule has 0 unspecified atom stereocenters. The number of hydrogen-bond acceptors (Lipinski definition) is 5. The molecule has 0 aliphatic carbocycles. The predicted octanol–water partition coefficient (Wildman–Crippen LogP) is 5.04. The summed E-state index contributed by atoms with van der Waals surface area (Å²) in [7, 11) is 1.70. The molecule has 0 saturated carbocycles. The molecule has 2 aromatic carbocycles. The molecule has 0 bridgehead atoms. The summed E-state index contributed by atoms with van der Waals surface area (Å²) in [6.07, 6.45) is -9.24. The Balaban J connectivity index is 1.36. The van der Waals surface area contributed by atoms with Crippen molar-refractivity contribution in [3.8, 4) is 11.4 Å². The fourth-order valence-corrected chi connectivity index (χ4v) is 5.09. The van der Waals surface area contributed by atoms with Gasteiger partial charge in [-0.1, -0.05) is 12.1 Å². The number of rotatable bonds is 10. The van der Waals surface area contributed by atoms with Gasteiger partial charge in [-0.2, -0.15) is 26.3 Å². The van der Waals surface area contributed by atoms with Gasteiger partial charge in [0.15, 0.2) is 0 Å². The fourth-order valence-electron chi connectivity index (χ4n) is 5.09. The average Bonchev–Trinajstić information content (AvgIpc) is 3.02. The summed E-state index contributed by atoms with van der Waals surface area (Å²) in [5, 5.41) is 5.24. The summed E-state index contributed by atoms with van der Waals surface area (Å²) >= 11 is 0. The number of amides is 2. The van der Waals surface area contributed by atoms with Crippen LogP contribution >= 0.6 is 0 Å². The van der Waals surface area contributed by atoms with E-state index < -0.39 is 46.4 Å². The van der Waals surface area contributed by atoms with E-state index in [9.17, 15) is 45.5 Å². The van der Waals surface area contributed by atoms with Crippen molar-refractivity contribution >= 4 is 11.8 Å². The summed E-state index contributed by atoms with van der Waals surface area (Å²) in [4.78, 5) is 54.0. The van der Waals surface area contributed by atoms with E-state index in [-0.39, 0.29) is 48.7 Å². The van der Waals surface area contributed by atoms with E-state index in [2.05, 4.69) is 10.6 Å². The number of pyridine rings is 2. The molecule has 0 spiro atoms. The number of carbonyl (C=O) groups excluding carboxylic acids is 2. The van der Waals surface area contributed by atoms with Crippen LogP contribution in [-0.2, 0) is 12.4 Å². The zero-order valence-electron chi connectivity index (χ0n) is 26.9. The van der Waals surface area contributed by atoms with Gasteiger partial charge in [-0.25, -0.2) is 0 Å². The maximum Gasteiger partial charge on any atom is 0.416 e. The first-order valence-corrected chi connectivity index (χ1v) is 15.0. The first-order chi connectivity index (χ1) is 22.9. The highest BCUT2D eigenvalue weighted by atomic mass is 19.4. The monoisotopic (exact) mass is 689 g/mol. The summed E-state index contributed by atoms with van der Waals surface area (Å²) in [6.45, 7) is 5.45. The van der Waals surface area contributed by atoms with E-state index in [0.717, 1.165) is 33.4 Å². The van der Waals surface area contributed by atoms with Crippen LogP contribution < -0.4 is 21.8 Å². The second-order valence-corrected chi connectivity index (χ2v) is 11.4. The molecule has 0 radical (unpaired) electrons. The van der Waals surface area contributed by atoms with Crippen molar-refractivity contribution in [1.29, 1.82) is 0 Å². The SMILES string of the molecule is Cc1cc(C(=O)NCCN(C)CCNC(=O)c2ccc(C)n(-c3cccc(C(F)(F)F)c3)c2=O)c(=O)n(-c2cccc(C(F)(F)F)c2)c1C. The lowest BCUT2D eigenvalue weighted by Crippen LogP contribution is -2.40. The van der Waals surface area contributed by atoms with Gasteiger partial charge in [-0.05, 0) is 88.0 Å². The molecule has 2 amide bonds. The molecule has 4 aromatic rings. The fraction of sp³-hybridized carbons (Fsp3) is 0.294. The van der Waals surface area contributed by atoms with Crippen LogP contribution in [0.15, 0.2) is 76.3 Å². The highest BCUT2D eigenvalue weighted by Gasteiger charge is 2.32. The van der Waals surface area contributed by atoms with Crippen LogP contribution in [0.3, 0.4) is 0 Å². The summed E-state index contributed by atoms with van der Waals surface area (Å²) in [5.74, 6) is -1.44. The Hall–Kier alpha value is -5.18. The Morgan fingerprint density at radius 1 is 0.673 bits per heavy atom. The minimum atomic E-state index is -4.62. The van der Waals surface area contributed by atoms with Crippen LogP contribution in [0, 0.1) is 20.8 Å². The lowest BCUT2D eigenvalue weighted by Gasteiger charge is -2.18. The van der Waals surface area contributed by atoms with Crippen LogP contribution in [0.4, 0.5) is 26.3 Å². The third-order valence-electron chi connectivity index (χ3n) is 7.89. The minimum absolute atomic E-state index is 0.0305. The number of carbonyl (C=O) groups is 2. The molecule has 0 saturated heterocycles. The van der Waals surface area contributed by atoms with Crippen LogP contribution in [0.2, 0.25) is 0 Å². The van der Waals surface area contributed by atoms with Crippen molar-refractivity contribution in [2.24, 2.45) is 0 Å². The molecule has 0 aliphatic rings. The van der Waals surface area contributed by atoms with Crippen molar-refractivity contribution in [3.63, 3.8) is 0 Å². The van der Waals surface area contributed by atoms with Gasteiger partial charge in [0.1, 0.15) is 11.1 Å². The Kier molecular flexibility index (Phi) is 10.9. The normalized spacial score (nSPS) is 11.9. The Morgan fingerprint density at radius 3 is 1.65 bits per heavy atom. The number of aromatic nitrogens is 2. The second-order valence-electron chi connectivity index (χ2n) is 11.4. The molecule has 0 aliphatic heterocycles. The third kappa shape index (κ3) is 8.46. The van der Waals surface area contributed by atoms with E-state index in [1.54, 1.807) is 25.8 Å². The third-order valence-corrected chi connectivity index (χ3v) is 7.89. The lowest BCUT2D eigenvalue weighted by atomic mass is 10.1. The minimum Gasteiger partial charge on any atom is -0.351 e. The molecule has 260 valence electrons. The number of halogens is 6. The molecule has 15 heteroatoms. The number of benzene rings is 2. The van der Waals surface area contributed by atoms with Gasteiger partial charge < -0.3 is 15.5 Å². The van der Waals surface area contributed by atoms with Crippen LogP contribution in [0.25, 0.3) is 11.4 Å². The van der Waals surface area contributed by atoms with Crippen molar-refractivity contribution in [1.82, 2.24) is 24.7 Å². The van der Waals surface area contributed by atoms with Gasteiger partial charge in [-0.15, -0.1) is 0 Å². The quantitative estimate of drug-likeness (QED) is 0.227. The predicted molar refractivity (Wildman–Crippen MR) is 170 cm³/mol. The zero-order valence-corrected chi connectivity index (χ0v) is 26.9. The molecular formula is C34H33F6N5O4. The molecule has 2 heterocycles. The van der Waals surface area contributed by atoms with E-state index >= 15 is 0 Å². The van der Waals surface area contributed by atoms with Gasteiger partial charge in [0.05, 0.1) is 11.1 Å². The molecule has 0 atom stereocenters. The van der Waals surface area contributed by atoms with E-state index in [4.69, 9.17) is 0 Å². The molecule has 9 nitrogen and oxygen atoms in total. The van der Waals surface area contributed by atoms with E-state index in [1.165, 1.54) is 49.4 Å². The summed E-state index contributed by atoms with van der Waals surface area (Å²) in [5.41, 5.74) is -2.79. The number of likely N-dealkylation sites (N-methyl/N-ethyl adjacent to an activating group) is 1. The number of nitrogens with zero attached hydrogens (tertiary/aromatic N) is 3. The van der Waals surface area contributed by atoms with Crippen molar-refractivity contribution < 1.29 is 35.9 Å². The van der Waals surface area contributed by atoms with E-state index in [1.807, 2.05) is 0 Å². The molecular weight excluding hydrogens is 656 g/mol. The highest BCUT2D eigenvalue weighted by Crippen LogP contribution is 2.31. The Labute approximate surface area is 276 Å². The first kappa shape index (κ1) is 36.7. The van der Waals surface area contributed by atoms with Gasteiger partial charge in [0, 0.05) is 48.9 Å². The number of nitrogens with one attached hydrogen (secondary N) is 2. The zero-order chi connectivity index (χ0) is 36.3. The van der Waals surface area contributed by atoms with Crippen molar-refractivity contribution in [2.75, 3.05) is 33.2 Å². The smallest absolute Gasteiger partial charge is 0.351 e. The first-order valence-electron chi connectivity index (χ1n) is 15.0. The molecule has 49 heavy (non-hydrogen) atoms. The van der Waals surface area contributed by atoms with Crippen LogP contribution in [0.5, 0.6) is 0 Å². The van der Waals surface area contributed by atoms with Gasteiger partial charge in [0.2, 0.25) is 0 Å². The molecule has 0 fully saturated rings. The standard InChI is InChI=1S/C34H33F6N5O4/c1-20-17-28(32(49)45(22(20)3)26-10-6-8-24(19-26)34(38,39)40)30(47)42-14-16-43(4)15-13-41-29(46)27-12-11-21(2)44(31(27)48)25-9-5-7-23(18-25)33(35,36)37/h5-12,17-19H,13-16H2,1-4H3,(H,41,46)(H,42,47). The summed E-state index contributed by atoms with van der Waals surface area (Å²) in [6, 6.07) is 12.6. The number of alkyl halides is 6. The maximum atomic E-state index is 13.3. The van der Waals surface area contributed by atoms with Crippen LogP contribution in [-0.4, -0.2) is 59.1 Å². The lowest BCUT2D eigenvalue weighted by molar-refractivity contribution is -0.138. The van der Waals surface area contributed by atoms with Crippen molar-refractivity contribution in [3.05, 3.63) is 127 Å². The Morgan fingerprint density at radius 2 is 1.14 bits per heavy atom. The largest absolute Gasteiger partial charge is 0.416 e. The molecule has 2 N–H and O–H groups in total. The van der Waals surface area contributed by atoms with Gasteiger partial charge >= 0.3 is 12.4 Å². The van der Waals surface area contributed by atoms with Crippen molar-refractivity contribution in [2.45, 2.75) is 33.1 Å². The average molecular weight is 690 g/mol. The van der Waals surface area contributed by atoms with Crippen LogP contribution in [0.1, 0.15) is 48.8 Å². The number of aryl methyl sites for hydroxylation is 2. The number of hydrogen-bond donors (Lipinski definition) is 2. The second kappa shape index (κ2) is 14.5. The Bertz CT molecular complexity index is 2000. The topological polar surface area (TPSA) is 105 Å². The van der Waals surface area contributed by atoms with Gasteiger partial charge in [0.25, 0.3) is 22.9 Å². The summed E-state index contributed by atoms with van der Waals surface area (Å²) < 4.78 is 81.7. The maximum absolute atomic E-state index is 13.3.